The van der Waals surface area contributed by atoms with E-state index in [1.807, 2.05) is 0 Å². The monoisotopic (exact) mass is 759 g/mol. The summed E-state index contributed by atoms with van der Waals surface area (Å²) in [4.78, 5) is 37.6. The molecule has 0 spiro atoms. The van der Waals surface area contributed by atoms with Crippen LogP contribution in [-0.2, 0) is 28.6 Å². The van der Waals surface area contributed by atoms with Gasteiger partial charge < -0.3 is 14.2 Å². The van der Waals surface area contributed by atoms with E-state index in [0.29, 0.717) is 25.7 Å². The predicted molar refractivity (Wildman–Crippen MR) is 229 cm³/mol. The Hall–Kier alpha value is -2.37. The van der Waals surface area contributed by atoms with Gasteiger partial charge in [0.2, 0.25) is 0 Å². The lowest BCUT2D eigenvalue weighted by Crippen LogP contribution is -2.30. The molecule has 0 aromatic heterocycles. The average molecular weight is 759 g/mol. The summed E-state index contributed by atoms with van der Waals surface area (Å²) in [5.41, 5.74) is 0. The molecule has 0 N–H and O–H groups in total. The maximum absolute atomic E-state index is 12.7. The Morgan fingerprint density at radius 3 is 1.15 bits per heavy atom. The van der Waals surface area contributed by atoms with Gasteiger partial charge in [-0.2, -0.15) is 0 Å². The number of rotatable bonds is 41. The first kappa shape index (κ1) is 51.6. The summed E-state index contributed by atoms with van der Waals surface area (Å²) in [7, 11) is 0. The normalized spacial score (nSPS) is 12.3. The van der Waals surface area contributed by atoms with E-state index in [0.717, 1.165) is 64.2 Å². The summed E-state index contributed by atoms with van der Waals surface area (Å²) >= 11 is 0. The lowest BCUT2D eigenvalue weighted by Gasteiger charge is -2.18. The number of esters is 3. The van der Waals surface area contributed by atoms with Gasteiger partial charge in [0, 0.05) is 19.3 Å². The van der Waals surface area contributed by atoms with Crippen LogP contribution in [-0.4, -0.2) is 37.2 Å². The number of hydrogen-bond acceptors (Lipinski definition) is 6. The number of allylic oxidation sites excluding steroid dienone is 6. The molecule has 0 bridgehead atoms. The molecular weight excluding hydrogens is 673 g/mol. The third kappa shape index (κ3) is 40.8. The van der Waals surface area contributed by atoms with Crippen molar-refractivity contribution in [1.82, 2.24) is 0 Å². The Morgan fingerprint density at radius 1 is 0.370 bits per heavy atom. The van der Waals surface area contributed by atoms with Crippen LogP contribution in [0.25, 0.3) is 0 Å². The van der Waals surface area contributed by atoms with Crippen molar-refractivity contribution in [2.24, 2.45) is 0 Å². The molecule has 1 unspecified atom stereocenters. The largest absolute Gasteiger partial charge is 0.462 e. The molecule has 0 rings (SSSR count). The average Bonchev–Trinajstić information content (AvgIpc) is 3.17. The van der Waals surface area contributed by atoms with Crippen molar-refractivity contribution in [2.75, 3.05) is 13.2 Å². The maximum Gasteiger partial charge on any atom is 0.306 e. The molecule has 6 nitrogen and oxygen atoms in total. The zero-order valence-corrected chi connectivity index (χ0v) is 35.7. The summed E-state index contributed by atoms with van der Waals surface area (Å²) in [6.45, 7) is 6.54. The highest BCUT2D eigenvalue weighted by atomic mass is 16.6. The van der Waals surface area contributed by atoms with Gasteiger partial charge in [0.1, 0.15) is 13.2 Å². The second-order valence-corrected chi connectivity index (χ2v) is 15.3. The number of unbranched alkanes of at least 4 members (excludes halogenated alkanes) is 25. The first-order chi connectivity index (χ1) is 26.5. The van der Waals surface area contributed by atoms with Crippen molar-refractivity contribution < 1.29 is 28.6 Å². The quantitative estimate of drug-likeness (QED) is 0.0203. The molecule has 0 saturated carbocycles. The molecule has 1 atom stereocenters. The predicted octanol–water partition coefficient (Wildman–Crippen LogP) is 14.6. The summed E-state index contributed by atoms with van der Waals surface area (Å²) in [6, 6.07) is 0. The van der Waals surface area contributed by atoms with E-state index in [2.05, 4.69) is 57.2 Å². The first-order valence-electron chi connectivity index (χ1n) is 23.0. The third-order valence-corrected chi connectivity index (χ3v) is 9.90. The van der Waals surface area contributed by atoms with E-state index >= 15 is 0 Å². The van der Waals surface area contributed by atoms with Crippen LogP contribution < -0.4 is 0 Å². The molecule has 0 heterocycles. The van der Waals surface area contributed by atoms with Crippen LogP contribution in [0.15, 0.2) is 36.5 Å². The Bertz CT molecular complexity index is 922. The molecule has 314 valence electrons. The van der Waals surface area contributed by atoms with E-state index in [1.54, 1.807) is 0 Å². The van der Waals surface area contributed by atoms with E-state index in [1.165, 1.54) is 122 Å². The van der Waals surface area contributed by atoms with Gasteiger partial charge in [-0.1, -0.05) is 186 Å². The maximum atomic E-state index is 12.7. The van der Waals surface area contributed by atoms with Crippen molar-refractivity contribution in [3.8, 4) is 0 Å². The van der Waals surface area contributed by atoms with Crippen molar-refractivity contribution in [2.45, 2.75) is 239 Å². The smallest absolute Gasteiger partial charge is 0.306 e. The topological polar surface area (TPSA) is 78.9 Å². The van der Waals surface area contributed by atoms with Gasteiger partial charge in [-0.3, -0.25) is 14.4 Å². The van der Waals surface area contributed by atoms with Crippen molar-refractivity contribution >= 4 is 17.9 Å². The Morgan fingerprint density at radius 2 is 0.685 bits per heavy atom. The van der Waals surface area contributed by atoms with Crippen LogP contribution in [0.3, 0.4) is 0 Å². The number of ether oxygens (including phenoxy) is 3. The van der Waals surface area contributed by atoms with Crippen molar-refractivity contribution in [1.29, 1.82) is 0 Å². The molecule has 0 fully saturated rings. The zero-order valence-electron chi connectivity index (χ0n) is 35.7. The zero-order chi connectivity index (χ0) is 39.4. The molecule has 0 radical (unpaired) electrons. The number of carbonyl (C=O) groups is 3. The van der Waals surface area contributed by atoms with E-state index < -0.39 is 6.10 Å². The summed E-state index contributed by atoms with van der Waals surface area (Å²) in [5.74, 6) is -0.951. The van der Waals surface area contributed by atoms with Gasteiger partial charge in [0.05, 0.1) is 0 Å². The molecule has 0 aliphatic heterocycles. The molecular formula is C48H86O6. The first-order valence-corrected chi connectivity index (χ1v) is 23.0. The van der Waals surface area contributed by atoms with Gasteiger partial charge in [0.25, 0.3) is 0 Å². The minimum absolute atomic E-state index is 0.0925. The molecule has 0 amide bonds. The van der Waals surface area contributed by atoms with E-state index in [-0.39, 0.29) is 31.1 Å². The van der Waals surface area contributed by atoms with E-state index in [9.17, 15) is 14.4 Å². The van der Waals surface area contributed by atoms with Gasteiger partial charge in [0.15, 0.2) is 6.10 Å². The minimum atomic E-state index is -0.787. The highest BCUT2D eigenvalue weighted by Crippen LogP contribution is 2.14. The molecule has 0 aromatic rings. The van der Waals surface area contributed by atoms with E-state index in [4.69, 9.17) is 14.2 Å². The second-order valence-electron chi connectivity index (χ2n) is 15.3. The highest BCUT2D eigenvalue weighted by molar-refractivity contribution is 5.71. The highest BCUT2D eigenvalue weighted by Gasteiger charge is 2.19. The second kappa shape index (κ2) is 43.4. The van der Waals surface area contributed by atoms with Gasteiger partial charge >= 0.3 is 17.9 Å². The summed E-state index contributed by atoms with van der Waals surface area (Å²) < 4.78 is 16.6. The molecule has 0 aliphatic carbocycles. The molecule has 0 aliphatic rings. The number of hydrogen-bond donors (Lipinski definition) is 0. The van der Waals surface area contributed by atoms with Crippen LogP contribution in [0.5, 0.6) is 0 Å². The van der Waals surface area contributed by atoms with Gasteiger partial charge in [-0.15, -0.1) is 0 Å². The van der Waals surface area contributed by atoms with Gasteiger partial charge in [-0.25, -0.2) is 0 Å². The Balaban J connectivity index is 4.39. The fourth-order valence-corrected chi connectivity index (χ4v) is 6.38. The molecule has 54 heavy (non-hydrogen) atoms. The summed E-state index contributed by atoms with van der Waals surface area (Å²) in [6.07, 6.45) is 48.5. The lowest BCUT2D eigenvalue weighted by atomic mass is 10.1. The van der Waals surface area contributed by atoms with Crippen LogP contribution in [0.2, 0.25) is 0 Å². The summed E-state index contributed by atoms with van der Waals surface area (Å²) in [5, 5.41) is 0. The molecule has 0 saturated heterocycles. The van der Waals surface area contributed by atoms with Crippen molar-refractivity contribution in [3.63, 3.8) is 0 Å². The van der Waals surface area contributed by atoms with Crippen LogP contribution in [0, 0.1) is 0 Å². The Labute approximate surface area is 334 Å². The molecule has 0 aromatic carbocycles. The standard InChI is InChI=1S/C48H86O6/c1-4-7-10-13-16-19-21-22-23-24-25-27-29-32-35-38-41-47(50)53-44-45(43-52-46(49)40-37-34-31-28-18-15-12-9-6-3)54-48(51)42-39-36-33-30-26-20-17-14-11-8-5-2/h23-25,27-28,31,45H,4-22,26,29-30,32-44H2,1-3H3/b24-23-,27-25-,31-28-. The van der Waals surface area contributed by atoms with Gasteiger partial charge in [-0.05, 0) is 64.2 Å². The fourth-order valence-electron chi connectivity index (χ4n) is 6.38. The number of carbonyl (C=O) groups excluding carboxylic acids is 3. The van der Waals surface area contributed by atoms with Crippen LogP contribution in [0.4, 0.5) is 0 Å². The fraction of sp³-hybridized carbons (Fsp3) is 0.812. The third-order valence-electron chi connectivity index (χ3n) is 9.90. The van der Waals surface area contributed by atoms with Crippen molar-refractivity contribution in [3.05, 3.63) is 36.5 Å². The van der Waals surface area contributed by atoms with Crippen LogP contribution >= 0.6 is 0 Å². The minimum Gasteiger partial charge on any atom is -0.462 e. The Kier molecular flexibility index (Phi) is 41.5. The van der Waals surface area contributed by atoms with Crippen LogP contribution in [0.1, 0.15) is 233 Å². The lowest BCUT2D eigenvalue weighted by molar-refractivity contribution is -0.167. The SMILES string of the molecule is CCCCCC/C=C\CCCC(=O)OCC(COC(=O)CCCCC/C=C\C=C/CCCCCCCCC)OC(=O)CCCCCCCCCCCCC. The molecule has 6 heteroatoms.